The van der Waals surface area contributed by atoms with Crippen LogP contribution in [-0.4, -0.2) is 24.2 Å². The van der Waals surface area contributed by atoms with Crippen molar-refractivity contribution in [2.75, 3.05) is 19.0 Å². The summed E-state index contributed by atoms with van der Waals surface area (Å²) in [5.41, 5.74) is 3.37. The van der Waals surface area contributed by atoms with E-state index in [0.717, 1.165) is 16.8 Å². The fourth-order valence-electron chi connectivity index (χ4n) is 2.56. The van der Waals surface area contributed by atoms with Crippen LogP contribution in [0, 0.1) is 6.92 Å². The summed E-state index contributed by atoms with van der Waals surface area (Å²) in [4.78, 5) is 16.5. The van der Waals surface area contributed by atoms with Gasteiger partial charge in [-0.1, -0.05) is 23.7 Å². The van der Waals surface area contributed by atoms with Gasteiger partial charge in [0.1, 0.15) is 5.75 Å². The Morgan fingerprint density at radius 2 is 1.78 bits per heavy atom. The molecule has 0 bridgehead atoms. The molecule has 1 aromatic heterocycles. The third kappa shape index (κ3) is 2.66. The topological polar surface area (TPSA) is 56.3 Å². The maximum atomic E-state index is 11.8. The molecule has 3 aromatic rings. The number of nitrogens with one attached hydrogen (secondary N) is 1. The van der Waals surface area contributed by atoms with Crippen LogP contribution in [-0.2, 0) is 0 Å². The minimum atomic E-state index is -0.311. The van der Waals surface area contributed by atoms with Crippen molar-refractivity contribution in [2.24, 2.45) is 0 Å². The van der Waals surface area contributed by atoms with Crippen molar-refractivity contribution in [1.29, 1.82) is 0 Å². The summed E-state index contributed by atoms with van der Waals surface area (Å²) in [5.74, 6) is -0.00780. The number of anilines is 1. The van der Waals surface area contributed by atoms with Gasteiger partial charge in [-0.25, -0.2) is 0 Å². The molecule has 2 aromatic carbocycles. The number of aromatic nitrogens is 1. The summed E-state index contributed by atoms with van der Waals surface area (Å²) in [5, 5.41) is 11.4. The van der Waals surface area contributed by atoms with Gasteiger partial charge in [0.2, 0.25) is 0 Å². The molecule has 0 aliphatic carbocycles. The standard InChI is InChI=1S/C18H17ClN2O2/c1-10-17(22)14-8-13(15(19)9-16(14)20-18(10)23)11-4-6-12(7-5-11)21(2)3/h4-9H,1-3H3,(H2,20,22,23). The van der Waals surface area contributed by atoms with Crippen molar-refractivity contribution >= 4 is 28.2 Å². The number of aromatic amines is 1. The molecule has 0 unspecified atom stereocenters. The minimum Gasteiger partial charge on any atom is -0.507 e. The Hall–Kier alpha value is -2.46. The Morgan fingerprint density at radius 1 is 1.13 bits per heavy atom. The van der Waals surface area contributed by atoms with Crippen LogP contribution < -0.4 is 10.5 Å². The van der Waals surface area contributed by atoms with Crippen LogP contribution in [0.5, 0.6) is 5.75 Å². The van der Waals surface area contributed by atoms with Gasteiger partial charge in [-0.15, -0.1) is 0 Å². The fraction of sp³-hybridized carbons (Fsp3) is 0.167. The number of nitrogens with zero attached hydrogens (tertiary/aromatic N) is 1. The average molecular weight is 329 g/mol. The highest BCUT2D eigenvalue weighted by atomic mass is 35.5. The molecule has 5 heteroatoms. The average Bonchev–Trinajstić information content (AvgIpc) is 2.52. The smallest absolute Gasteiger partial charge is 0.255 e. The van der Waals surface area contributed by atoms with Gasteiger partial charge in [0, 0.05) is 30.7 Å². The molecule has 3 rings (SSSR count). The Bertz CT molecular complexity index is 944. The van der Waals surface area contributed by atoms with Gasteiger partial charge in [-0.3, -0.25) is 4.79 Å². The fourth-order valence-corrected chi connectivity index (χ4v) is 2.83. The SMILES string of the molecule is Cc1c(O)c2cc(-c3ccc(N(C)C)cc3)c(Cl)cc2[nH]c1=O. The van der Waals surface area contributed by atoms with Gasteiger partial charge in [-0.05, 0) is 36.8 Å². The normalized spacial score (nSPS) is 11.0. The zero-order valence-corrected chi connectivity index (χ0v) is 13.9. The third-order valence-corrected chi connectivity index (χ3v) is 4.31. The molecular formula is C18H17ClN2O2. The molecule has 0 amide bonds. The molecule has 0 radical (unpaired) electrons. The van der Waals surface area contributed by atoms with E-state index in [4.69, 9.17) is 11.6 Å². The summed E-state index contributed by atoms with van der Waals surface area (Å²) in [7, 11) is 3.96. The second kappa shape index (κ2) is 5.63. The van der Waals surface area contributed by atoms with Crippen molar-refractivity contribution in [3.63, 3.8) is 0 Å². The third-order valence-electron chi connectivity index (χ3n) is 4.00. The molecule has 0 aliphatic rings. The first-order valence-electron chi connectivity index (χ1n) is 7.21. The second-order valence-electron chi connectivity index (χ2n) is 5.75. The number of hydrogen-bond donors (Lipinski definition) is 2. The maximum absolute atomic E-state index is 11.8. The van der Waals surface area contributed by atoms with Gasteiger partial charge in [0.15, 0.2) is 0 Å². The van der Waals surface area contributed by atoms with E-state index in [-0.39, 0.29) is 11.3 Å². The van der Waals surface area contributed by atoms with Crippen LogP contribution >= 0.6 is 11.6 Å². The van der Waals surface area contributed by atoms with Crippen LogP contribution in [0.1, 0.15) is 5.56 Å². The lowest BCUT2D eigenvalue weighted by Crippen LogP contribution is -2.09. The summed E-state index contributed by atoms with van der Waals surface area (Å²) < 4.78 is 0. The van der Waals surface area contributed by atoms with E-state index < -0.39 is 0 Å². The van der Waals surface area contributed by atoms with Crippen molar-refractivity contribution in [1.82, 2.24) is 4.98 Å². The Kier molecular flexibility index (Phi) is 3.78. The van der Waals surface area contributed by atoms with E-state index in [1.807, 2.05) is 43.3 Å². The molecule has 0 spiro atoms. The number of H-pyrrole nitrogens is 1. The summed E-state index contributed by atoms with van der Waals surface area (Å²) in [6.45, 7) is 1.59. The lowest BCUT2D eigenvalue weighted by Gasteiger charge is -2.14. The number of hydrogen-bond acceptors (Lipinski definition) is 3. The number of benzene rings is 2. The highest BCUT2D eigenvalue weighted by Gasteiger charge is 2.12. The molecule has 0 saturated carbocycles. The van der Waals surface area contributed by atoms with Gasteiger partial charge in [0.25, 0.3) is 5.56 Å². The van der Waals surface area contributed by atoms with Crippen LogP contribution in [0.2, 0.25) is 5.02 Å². The van der Waals surface area contributed by atoms with Crippen molar-refractivity contribution in [3.05, 3.63) is 57.3 Å². The minimum absolute atomic E-state index is 0.00780. The predicted octanol–water partition coefficient (Wildman–Crippen LogP) is 3.93. The van der Waals surface area contributed by atoms with Crippen molar-refractivity contribution < 1.29 is 5.11 Å². The molecule has 23 heavy (non-hydrogen) atoms. The molecule has 118 valence electrons. The van der Waals surface area contributed by atoms with E-state index in [1.54, 1.807) is 19.1 Å². The summed E-state index contributed by atoms with van der Waals surface area (Å²) in [6.07, 6.45) is 0. The van der Waals surface area contributed by atoms with Crippen LogP contribution in [0.4, 0.5) is 5.69 Å². The van der Waals surface area contributed by atoms with Crippen LogP contribution in [0.25, 0.3) is 22.0 Å². The predicted molar refractivity (Wildman–Crippen MR) is 95.7 cm³/mol. The lowest BCUT2D eigenvalue weighted by atomic mass is 10.0. The van der Waals surface area contributed by atoms with Crippen LogP contribution in [0.3, 0.4) is 0 Å². The summed E-state index contributed by atoms with van der Waals surface area (Å²) >= 11 is 6.37. The number of halogens is 1. The van der Waals surface area contributed by atoms with Gasteiger partial charge >= 0.3 is 0 Å². The Labute approximate surface area is 139 Å². The molecule has 0 aliphatic heterocycles. The molecule has 0 atom stereocenters. The van der Waals surface area contributed by atoms with Gasteiger partial charge in [-0.2, -0.15) is 0 Å². The second-order valence-corrected chi connectivity index (χ2v) is 6.15. The largest absolute Gasteiger partial charge is 0.507 e. The quantitative estimate of drug-likeness (QED) is 0.749. The summed E-state index contributed by atoms with van der Waals surface area (Å²) in [6, 6.07) is 11.5. The number of fused-ring (bicyclic) bond motifs is 1. The zero-order valence-electron chi connectivity index (χ0n) is 13.1. The number of rotatable bonds is 2. The van der Waals surface area contributed by atoms with Gasteiger partial charge in [0.05, 0.1) is 16.1 Å². The molecule has 0 saturated heterocycles. The molecule has 2 N–H and O–H groups in total. The van der Waals surface area contributed by atoms with E-state index in [0.29, 0.717) is 21.5 Å². The molecule has 1 heterocycles. The monoisotopic (exact) mass is 328 g/mol. The highest BCUT2D eigenvalue weighted by molar-refractivity contribution is 6.34. The first kappa shape index (κ1) is 15.4. The van der Waals surface area contributed by atoms with E-state index >= 15 is 0 Å². The van der Waals surface area contributed by atoms with E-state index in [1.165, 1.54) is 0 Å². The molecular weight excluding hydrogens is 312 g/mol. The van der Waals surface area contributed by atoms with Crippen LogP contribution in [0.15, 0.2) is 41.2 Å². The maximum Gasteiger partial charge on any atom is 0.255 e. The Balaban J connectivity index is 2.21. The van der Waals surface area contributed by atoms with Gasteiger partial charge < -0.3 is 15.0 Å². The number of aromatic hydroxyl groups is 1. The van der Waals surface area contributed by atoms with Crippen molar-refractivity contribution in [2.45, 2.75) is 6.92 Å². The molecule has 4 nitrogen and oxygen atoms in total. The first-order valence-corrected chi connectivity index (χ1v) is 7.59. The zero-order chi connectivity index (χ0) is 16.7. The van der Waals surface area contributed by atoms with E-state index in [9.17, 15) is 9.90 Å². The Morgan fingerprint density at radius 3 is 2.39 bits per heavy atom. The van der Waals surface area contributed by atoms with E-state index in [2.05, 4.69) is 4.98 Å². The van der Waals surface area contributed by atoms with Crippen molar-refractivity contribution in [3.8, 4) is 16.9 Å². The first-order chi connectivity index (χ1) is 10.9. The molecule has 0 fully saturated rings. The highest BCUT2D eigenvalue weighted by Crippen LogP contribution is 2.35. The number of pyridine rings is 1. The lowest BCUT2D eigenvalue weighted by molar-refractivity contribution is 0.476.